The van der Waals surface area contributed by atoms with Gasteiger partial charge in [-0.25, -0.2) is 8.78 Å². The summed E-state index contributed by atoms with van der Waals surface area (Å²) in [5, 5.41) is 9.06. The van der Waals surface area contributed by atoms with Crippen molar-refractivity contribution in [3.63, 3.8) is 0 Å². The number of benzene rings is 1. The molecule has 1 unspecified atom stereocenters. The Bertz CT molecular complexity index is 1240. The van der Waals surface area contributed by atoms with Crippen molar-refractivity contribution in [2.45, 2.75) is 25.8 Å². The average molecular weight is 439 g/mol. The van der Waals surface area contributed by atoms with Gasteiger partial charge in [-0.15, -0.1) is 11.3 Å². The third-order valence-electron chi connectivity index (χ3n) is 5.86. The van der Waals surface area contributed by atoms with Crippen molar-refractivity contribution in [2.75, 3.05) is 25.0 Å². The van der Waals surface area contributed by atoms with Crippen LogP contribution in [0.1, 0.15) is 22.4 Å². The molecule has 2 aromatic heterocycles. The molecule has 4 heterocycles. The van der Waals surface area contributed by atoms with Crippen LogP contribution in [0.15, 0.2) is 42.6 Å². The molecule has 2 aliphatic rings. The van der Waals surface area contributed by atoms with Gasteiger partial charge in [-0.2, -0.15) is 0 Å². The monoisotopic (exact) mass is 438 g/mol. The number of rotatable bonds is 4. The number of nitrogens with one attached hydrogen (secondary N) is 2. The zero-order valence-electron chi connectivity index (χ0n) is 17.3. The third-order valence-corrected chi connectivity index (χ3v) is 6.84. The quantitative estimate of drug-likeness (QED) is 0.657. The molecule has 2 aliphatic heterocycles. The van der Waals surface area contributed by atoms with Crippen molar-refractivity contribution >= 4 is 28.2 Å². The van der Waals surface area contributed by atoms with Gasteiger partial charge in [0.2, 0.25) is 0 Å². The van der Waals surface area contributed by atoms with Gasteiger partial charge in [0.25, 0.3) is 0 Å². The van der Waals surface area contributed by atoms with E-state index in [0.29, 0.717) is 10.6 Å². The number of hydrogen-bond acceptors (Lipinski definition) is 5. The maximum Gasteiger partial charge on any atom is 0.135 e. The predicted molar refractivity (Wildman–Crippen MR) is 121 cm³/mol. The highest BCUT2D eigenvalue weighted by Gasteiger charge is 2.26. The smallest absolute Gasteiger partial charge is 0.135 e. The summed E-state index contributed by atoms with van der Waals surface area (Å²) in [5.41, 5.74) is 3.05. The van der Waals surface area contributed by atoms with Gasteiger partial charge in [-0.1, -0.05) is 12.1 Å². The molecule has 5 rings (SSSR count). The summed E-state index contributed by atoms with van der Waals surface area (Å²) in [6.45, 7) is 4.52. The van der Waals surface area contributed by atoms with E-state index in [9.17, 15) is 8.78 Å². The highest BCUT2D eigenvalue weighted by atomic mass is 32.1. The zero-order valence-corrected chi connectivity index (χ0v) is 18.1. The number of anilines is 1. The molecule has 160 valence electrons. The van der Waals surface area contributed by atoms with Crippen LogP contribution in [-0.2, 0) is 6.42 Å². The van der Waals surface area contributed by atoms with Crippen LogP contribution >= 0.6 is 11.3 Å². The van der Waals surface area contributed by atoms with Gasteiger partial charge in [0.05, 0.1) is 16.3 Å². The minimum Gasteiger partial charge on any atom is -0.366 e. The number of fused-ring (bicyclic) bond motifs is 2. The normalized spacial score (nSPS) is 18.0. The molecule has 0 aliphatic carbocycles. The SMILES string of the molecule is Cc1cc2c(s1)NC=c1c(F)ccnc1=C2N1CCNC(CCc2cccc(F)c2)C1. The molecular weight excluding hydrogens is 414 g/mol. The number of thiophene rings is 1. The van der Waals surface area contributed by atoms with E-state index in [-0.39, 0.29) is 17.7 Å². The second-order valence-electron chi connectivity index (χ2n) is 8.06. The van der Waals surface area contributed by atoms with Crippen LogP contribution in [0.5, 0.6) is 0 Å². The molecule has 0 radical (unpaired) electrons. The summed E-state index contributed by atoms with van der Waals surface area (Å²) in [5.74, 6) is -0.474. The van der Waals surface area contributed by atoms with E-state index < -0.39 is 0 Å². The van der Waals surface area contributed by atoms with Crippen LogP contribution in [-0.4, -0.2) is 35.6 Å². The summed E-state index contributed by atoms with van der Waals surface area (Å²) in [6.07, 6.45) is 4.97. The standard InChI is InChI=1S/C24H24F2N4S/c1-15-11-19-23(22-20(13-29-24(19)31-15)21(26)7-8-28-22)30-10-9-27-18(14-30)6-5-16-3-2-4-17(25)12-16/h2-4,7-8,11-13,18,27,29H,5-6,9-10,14H2,1H3. The fourth-order valence-electron chi connectivity index (χ4n) is 4.41. The lowest BCUT2D eigenvalue weighted by Gasteiger charge is -2.36. The van der Waals surface area contributed by atoms with E-state index in [4.69, 9.17) is 0 Å². The van der Waals surface area contributed by atoms with Crippen molar-refractivity contribution in [3.05, 3.63) is 80.8 Å². The molecule has 2 N–H and O–H groups in total. The molecule has 1 atom stereocenters. The number of aryl methyl sites for hydroxylation is 2. The Morgan fingerprint density at radius 2 is 2.13 bits per heavy atom. The van der Waals surface area contributed by atoms with Crippen molar-refractivity contribution < 1.29 is 8.78 Å². The first kappa shape index (κ1) is 20.2. The Morgan fingerprint density at radius 1 is 1.23 bits per heavy atom. The predicted octanol–water partition coefficient (Wildman–Crippen LogP) is 2.96. The number of nitrogens with zero attached hydrogens (tertiary/aromatic N) is 2. The first-order chi connectivity index (χ1) is 15.1. The lowest BCUT2D eigenvalue weighted by molar-refractivity contribution is 0.268. The summed E-state index contributed by atoms with van der Waals surface area (Å²) < 4.78 is 28.2. The Kier molecular flexibility index (Phi) is 5.46. The number of piperazine rings is 1. The zero-order chi connectivity index (χ0) is 21.4. The van der Waals surface area contributed by atoms with Crippen LogP contribution in [0.2, 0.25) is 0 Å². The average Bonchev–Trinajstić information content (AvgIpc) is 3.05. The van der Waals surface area contributed by atoms with Crippen molar-refractivity contribution in [2.24, 2.45) is 0 Å². The van der Waals surface area contributed by atoms with Crippen LogP contribution in [0.25, 0.3) is 11.9 Å². The highest BCUT2D eigenvalue weighted by Crippen LogP contribution is 2.34. The lowest BCUT2D eigenvalue weighted by Crippen LogP contribution is -2.52. The summed E-state index contributed by atoms with van der Waals surface area (Å²) >= 11 is 1.67. The van der Waals surface area contributed by atoms with E-state index in [2.05, 4.69) is 33.5 Å². The molecule has 0 amide bonds. The van der Waals surface area contributed by atoms with Gasteiger partial charge in [-0.05, 0) is 49.6 Å². The van der Waals surface area contributed by atoms with Gasteiger partial charge < -0.3 is 15.5 Å². The van der Waals surface area contributed by atoms with E-state index in [1.165, 1.54) is 23.2 Å². The van der Waals surface area contributed by atoms with Crippen molar-refractivity contribution in [1.29, 1.82) is 0 Å². The fraction of sp³-hybridized carbons (Fsp3) is 0.292. The molecule has 4 nitrogen and oxygen atoms in total. The first-order valence-corrected chi connectivity index (χ1v) is 11.4. The topological polar surface area (TPSA) is 40.2 Å². The summed E-state index contributed by atoms with van der Waals surface area (Å²) in [4.78, 5) is 8.10. The summed E-state index contributed by atoms with van der Waals surface area (Å²) in [7, 11) is 0. The Balaban J connectivity index is 1.48. The minimum atomic E-state index is -0.278. The van der Waals surface area contributed by atoms with E-state index >= 15 is 0 Å². The van der Waals surface area contributed by atoms with E-state index in [1.54, 1.807) is 29.7 Å². The van der Waals surface area contributed by atoms with E-state index in [0.717, 1.165) is 54.3 Å². The number of halogens is 2. The molecule has 0 saturated carbocycles. The van der Waals surface area contributed by atoms with Gasteiger partial charge in [0, 0.05) is 48.5 Å². The fourth-order valence-corrected chi connectivity index (χ4v) is 5.30. The Labute approximate surface area is 183 Å². The van der Waals surface area contributed by atoms with Crippen LogP contribution < -0.4 is 21.2 Å². The van der Waals surface area contributed by atoms with Crippen LogP contribution in [0, 0.1) is 18.6 Å². The van der Waals surface area contributed by atoms with E-state index in [1.807, 2.05) is 6.07 Å². The van der Waals surface area contributed by atoms with Gasteiger partial charge in [0.15, 0.2) is 0 Å². The molecule has 0 spiro atoms. The third kappa shape index (κ3) is 4.07. The molecule has 31 heavy (non-hydrogen) atoms. The Hall–Kier alpha value is -2.77. The van der Waals surface area contributed by atoms with Crippen molar-refractivity contribution in [3.8, 4) is 0 Å². The maximum atomic E-state index is 14.6. The second kappa shape index (κ2) is 8.40. The number of pyridine rings is 1. The first-order valence-electron chi connectivity index (χ1n) is 10.5. The largest absolute Gasteiger partial charge is 0.366 e. The Morgan fingerprint density at radius 3 is 3.00 bits per heavy atom. The second-order valence-corrected chi connectivity index (χ2v) is 9.31. The lowest BCUT2D eigenvalue weighted by atomic mass is 10.0. The maximum absolute atomic E-state index is 14.6. The minimum absolute atomic E-state index is 0.196. The summed E-state index contributed by atoms with van der Waals surface area (Å²) in [6, 6.07) is 10.6. The van der Waals surface area contributed by atoms with Crippen LogP contribution in [0.4, 0.5) is 13.8 Å². The van der Waals surface area contributed by atoms with Gasteiger partial charge in [-0.3, -0.25) is 4.98 Å². The number of aromatic nitrogens is 1. The molecule has 1 saturated heterocycles. The molecule has 3 aromatic rings. The van der Waals surface area contributed by atoms with Crippen LogP contribution in [0.3, 0.4) is 0 Å². The molecule has 1 aromatic carbocycles. The molecule has 7 heteroatoms. The molecular formula is C24H24F2N4S. The van der Waals surface area contributed by atoms with Gasteiger partial charge in [0.1, 0.15) is 16.6 Å². The van der Waals surface area contributed by atoms with Crippen molar-refractivity contribution in [1.82, 2.24) is 15.2 Å². The molecule has 0 bridgehead atoms. The number of hydrogen-bond donors (Lipinski definition) is 2. The molecule has 1 fully saturated rings. The highest BCUT2D eigenvalue weighted by molar-refractivity contribution is 7.16. The van der Waals surface area contributed by atoms with Gasteiger partial charge >= 0.3 is 0 Å².